The van der Waals surface area contributed by atoms with Crippen molar-refractivity contribution in [2.24, 2.45) is 0 Å². The van der Waals surface area contributed by atoms with E-state index in [1.807, 2.05) is 44.2 Å². The number of benzene rings is 1. The summed E-state index contributed by atoms with van der Waals surface area (Å²) in [6, 6.07) is 11.0. The molecule has 1 unspecified atom stereocenters. The summed E-state index contributed by atoms with van der Waals surface area (Å²) < 4.78 is 6.80. The smallest absolute Gasteiger partial charge is 0.267 e. The first-order valence-electron chi connectivity index (χ1n) is 8.44. The van der Waals surface area contributed by atoms with E-state index in [4.69, 9.17) is 9.51 Å². The third-order valence-electron chi connectivity index (χ3n) is 4.04. The summed E-state index contributed by atoms with van der Waals surface area (Å²) in [5.41, 5.74) is 1.50. The maximum atomic E-state index is 13.2. The second-order valence-corrected chi connectivity index (χ2v) is 7.49. The molecule has 0 radical (unpaired) electrons. The van der Waals surface area contributed by atoms with Crippen molar-refractivity contribution in [1.82, 2.24) is 24.7 Å². The molecule has 0 aliphatic rings. The zero-order chi connectivity index (χ0) is 19.0. The molecule has 0 saturated carbocycles. The minimum Gasteiger partial charge on any atom is -0.338 e. The first-order valence-corrected chi connectivity index (χ1v) is 9.32. The van der Waals surface area contributed by atoms with Gasteiger partial charge in [-0.25, -0.2) is 14.5 Å². The van der Waals surface area contributed by atoms with E-state index in [1.165, 1.54) is 16.3 Å². The third kappa shape index (κ3) is 3.35. The Morgan fingerprint density at radius 2 is 1.93 bits per heavy atom. The monoisotopic (exact) mass is 379 g/mol. The molecule has 0 aliphatic carbocycles. The Bertz CT molecular complexity index is 1170. The number of thioether (sulfide) groups is 1. The molecule has 3 heterocycles. The number of nitrogens with zero attached hydrogens (tertiary/aromatic N) is 5. The molecule has 4 aromatic rings. The highest BCUT2D eigenvalue weighted by molar-refractivity contribution is 7.99. The summed E-state index contributed by atoms with van der Waals surface area (Å²) >= 11 is 1.38. The van der Waals surface area contributed by atoms with Gasteiger partial charge in [0.15, 0.2) is 11.0 Å². The molecule has 0 fully saturated rings. The largest absolute Gasteiger partial charge is 0.338 e. The van der Waals surface area contributed by atoms with Gasteiger partial charge in [-0.1, -0.05) is 35.1 Å². The number of pyridine rings is 1. The predicted molar refractivity (Wildman–Crippen MR) is 103 cm³/mol. The third-order valence-corrected chi connectivity index (χ3v) is 5.08. The average Bonchev–Trinajstić information content (AvgIpc) is 3.10. The van der Waals surface area contributed by atoms with Gasteiger partial charge in [0, 0.05) is 6.20 Å². The number of hydrogen-bond donors (Lipinski definition) is 0. The first kappa shape index (κ1) is 17.4. The number of para-hydroxylation sites is 1. The van der Waals surface area contributed by atoms with Gasteiger partial charge in [0.25, 0.3) is 5.56 Å². The number of rotatable bonds is 4. The van der Waals surface area contributed by atoms with Crippen LogP contribution in [0.15, 0.2) is 57.1 Å². The fourth-order valence-electron chi connectivity index (χ4n) is 2.67. The van der Waals surface area contributed by atoms with Crippen LogP contribution in [0, 0.1) is 13.8 Å². The molecule has 27 heavy (non-hydrogen) atoms. The quantitative estimate of drug-likeness (QED) is 0.395. The summed E-state index contributed by atoms with van der Waals surface area (Å²) in [4.78, 5) is 26.6. The zero-order valence-corrected chi connectivity index (χ0v) is 15.9. The molecule has 136 valence electrons. The lowest BCUT2D eigenvalue weighted by Crippen LogP contribution is -2.22. The van der Waals surface area contributed by atoms with Crippen molar-refractivity contribution in [2.75, 3.05) is 0 Å². The van der Waals surface area contributed by atoms with Crippen LogP contribution in [0.4, 0.5) is 0 Å². The molecular weight excluding hydrogens is 362 g/mol. The predicted octanol–water partition coefficient (Wildman–Crippen LogP) is 3.63. The van der Waals surface area contributed by atoms with Crippen LogP contribution in [0.1, 0.15) is 29.5 Å². The summed E-state index contributed by atoms with van der Waals surface area (Å²) in [6.07, 6.45) is 1.73. The minimum absolute atomic E-state index is 0.159. The van der Waals surface area contributed by atoms with Gasteiger partial charge < -0.3 is 4.52 Å². The van der Waals surface area contributed by atoms with E-state index in [2.05, 4.69) is 15.1 Å². The van der Waals surface area contributed by atoms with Gasteiger partial charge >= 0.3 is 0 Å². The molecule has 7 nitrogen and oxygen atoms in total. The van der Waals surface area contributed by atoms with E-state index >= 15 is 0 Å². The molecule has 0 amide bonds. The number of hydrogen-bond acceptors (Lipinski definition) is 7. The number of fused-ring (bicyclic) bond motifs is 1. The molecule has 0 spiro atoms. The van der Waals surface area contributed by atoms with Crippen molar-refractivity contribution in [2.45, 2.75) is 31.2 Å². The maximum Gasteiger partial charge on any atom is 0.267 e. The van der Waals surface area contributed by atoms with Gasteiger partial charge in [-0.2, -0.15) is 4.98 Å². The molecule has 1 aromatic carbocycles. The molecular formula is C19H17N5O2S. The molecule has 3 aromatic heterocycles. The van der Waals surface area contributed by atoms with Crippen LogP contribution in [-0.2, 0) is 0 Å². The van der Waals surface area contributed by atoms with Gasteiger partial charge in [-0.15, -0.1) is 0 Å². The summed E-state index contributed by atoms with van der Waals surface area (Å²) in [5.74, 6) is 1.59. The van der Waals surface area contributed by atoms with E-state index in [0.717, 1.165) is 5.56 Å². The van der Waals surface area contributed by atoms with Gasteiger partial charge in [0.2, 0.25) is 5.89 Å². The molecule has 0 aliphatic heterocycles. The molecule has 0 bridgehead atoms. The lowest BCUT2D eigenvalue weighted by molar-refractivity contribution is 0.376. The van der Waals surface area contributed by atoms with Crippen molar-refractivity contribution in [3.63, 3.8) is 0 Å². The van der Waals surface area contributed by atoms with E-state index in [-0.39, 0.29) is 10.8 Å². The summed E-state index contributed by atoms with van der Waals surface area (Å²) in [7, 11) is 0. The molecule has 0 saturated heterocycles. The molecule has 1 atom stereocenters. The second-order valence-electron chi connectivity index (χ2n) is 6.19. The van der Waals surface area contributed by atoms with E-state index in [9.17, 15) is 4.79 Å². The second kappa shape index (κ2) is 6.96. The van der Waals surface area contributed by atoms with Crippen LogP contribution < -0.4 is 5.56 Å². The van der Waals surface area contributed by atoms with Gasteiger partial charge in [0.1, 0.15) is 5.82 Å². The highest BCUT2D eigenvalue weighted by Crippen LogP contribution is 2.33. The van der Waals surface area contributed by atoms with E-state index < -0.39 is 0 Å². The SMILES string of the molecule is Cc1ccc(-n2c(SC(C)c3nc(C)no3)nc3ccccc3c2=O)nc1. The Hall–Kier alpha value is -3.00. The minimum atomic E-state index is -0.170. The lowest BCUT2D eigenvalue weighted by Gasteiger charge is -2.14. The fraction of sp³-hybridized carbons (Fsp3) is 0.211. The topological polar surface area (TPSA) is 86.7 Å². The number of aromatic nitrogens is 5. The van der Waals surface area contributed by atoms with Gasteiger partial charge in [-0.3, -0.25) is 4.79 Å². The van der Waals surface area contributed by atoms with E-state index in [1.54, 1.807) is 19.2 Å². The molecule has 8 heteroatoms. The van der Waals surface area contributed by atoms with Gasteiger partial charge in [0.05, 0.1) is 16.2 Å². The Morgan fingerprint density at radius 1 is 1.11 bits per heavy atom. The molecule has 4 rings (SSSR count). The summed E-state index contributed by atoms with van der Waals surface area (Å²) in [6.45, 7) is 5.66. The Morgan fingerprint density at radius 3 is 2.63 bits per heavy atom. The normalized spacial score (nSPS) is 12.4. The van der Waals surface area contributed by atoms with Crippen LogP contribution in [0.25, 0.3) is 16.7 Å². The van der Waals surface area contributed by atoms with Crippen molar-refractivity contribution >= 4 is 22.7 Å². The maximum absolute atomic E-state index is 13.2. The van der Waals surface area contributed by atoms with E-state index in [0.29, 0.717) is 33.6 Å². The Balaban J connectivity index is 1.88. The van der Waals surface area contributed by atoms with Crippen LogP contribution in [-0.4, -0.2) is 24.7 Å². The molecule has 0 N–H and O–H groups in total. The van der Waals surface area contributed by atoms with Gasteiger partial charge in [-0.05, 0) is 44.5 Å². The fourth-order valence-corrected chi connectivity index (χ4v) is 3.62. The lowest BCUT2D eigenvalue weighted by atomic mass is 10.2. The zero-order valence-electron chi connectivity index (χ0n) is 15.1. The summed E-state index contributed by atoms with van der Waals surface area (Å²) in [5, 5.41) is 4.74. The number of aryl methyl sites for hydroxylation is 2. The van der Waals surface area contributed by atoms with Crippen molar-refractivity contribution < 1.29 is 4.52 Å². The highest BCUT2D eigenvalue weighted by atomic mass is 32.2. The highest BCUT2D eigenvalue weighted by Gasteiger charge is 2.20. The standard InChI is InChI=1S/C19H17N5O2S/c1-11-8-9-16(20-10-11)24-18(25)14-6-4-5-7-15(14)22-19(24)27-12(2)17-21-13(3)23-26-17/h4-10,12H,1-3H3. The van der Waals surface area contributed by atoms with Crippen LogP contribution in [0.2, 0.25) is 0 Å². The Kier molecular flexibility index (Phi) is 4.49. The van der Waals surface area contributed by atoms with Crippen LogP contribution in [0.3, 0.4) is 0 Å². The first-order chi connectivity index (χ1) is 13.0. The van der Waals surface area contributed by atoms with Crippen LogP contribution in [0.5, 0.6) is 0 Å². The van der Waals surface area contributed by atoms with Crippen molar-refractivity contribution in [1.29, 1.82) is 0 Å². The van der Waals surface area contributed by atoms with Crippen molar-refractivity contribution in [3.8, 4) is 5.82 Å². The Labute approximate surface area is 159 Å². The van der Waals surface area contributed by atoms with Crippen LogP contribution >= 0.6 is 11.8 Å². The van der Waals surface area contributed by atoms with Crippen molar-refractivity contribution in [3.05, 3.63) is 70.2 Å². The average molecular weight is 379 g/mol.